The summed E-state index contributed by atoms with van der Waals surface area (Å²) >= 11 is 4.90. The van der Waals surface area contributed by atoms with Crippen molar-refractivity contribution in [3.63, 3.8) is 0 Å². The maximum atomic E-state index is 4.84. The highest BCUT2D eigenvalue weighted by molar-refractivity contribution is 7.23. The van der Waals surface area contributed by atoms with Crippen molar-refractivity contribution in [2.24, 2.45) is 0 Å². The third-order valence-corrected chi connectivity index (χ3v) is 7.22. The maximum Gasteiger partial charge on any atom is 0.210 e. The fraction of sp³-hybridized carbons (Fsp3) is 0.0455. The molecule has 0 bridgehead atoms. The summed E-state index contributed by atoms with van der Waals surface area (Å²) in [4.78, 5) is 5.97. The van der Waals surface area contributed by atoms with Crippen LogP contribution in [0.1, 0.15) is 5.56 Å². The lowest BCUT2D eigenvalue weighted by atomic mass is 10.1. The molecular formula is C22H16N4S3. The van der Waals surface area contributed by atoms with Crippen molar-refractivity contribution in [3.8, 4) is 31.7 Å². The molecule has 0 aliphatic rings. The number of aryl methyl sites for hydroxylation is 1. The first-order chi connectivity index (χ1) is 14.3. The number of hydrogen-bond donors (Lipinski definition) is 1. The summed E-state index contributed by atoms with van der Waals surface area (Å²) in [5.41, 5.74) is 5.52. The van der Waals surface area contributed by atoms with E-state index in [1.165, 1.54) is 11.1 Å². The van der Waals surface area contributed by atoms with Gasteiger partial charge in [0.1, 0.15) is 5.01 Å². The van der Waals surface area contributed by atoms with Crippen molar-refractivity contribution in [3.05, 3.63) is 77.0 Å². The van der Waals surface area contributed by atoms with E-state index in [0.29, 0.717) is 0 Å². The van der Waals surface area contributed by atoms with Crippen LogP contribution in [0.5, 0.6) is 0 Å². The van der Waals surface area contributed by atoms with Crippen molar-refractivity contribution < 1.29 is 0 Å². The van der Waals surface area contributed by atoms with Crippen LogP contribution in [0.2, 0.25) is 0 Å². The lowest BCUT2D eigenvalue weighted by Crippen LogP contribution is -1.89. The molecule has 0 amide bonds. The summed E-state index contributed by atoms with van der Waals surface area (Å²) in [5, 5.41) is 18.8. The average molecular weight is 433 g/mol. The molecule has 5 aromatic rings. The second-order valence-electron chi connectivity index (χ2n) is 6.44. The van der Waals surface area contributed by atoms with Gasteiger partial charge in [-0.15, -0.1) is 32.9 Å². The van der Waals surface area contributed by atoms with Crippen molar-refractivity contribution in [1.82, 2.24) is 15.2 Å². The zero-order valence-corrected chi connectivity index (χ0v) is 17.9. The van der Waals surface area contributed by atoms with Crippen LogP contribution in [0.25, 0.3) is 31.7 Å². The van der Waals surface area contributed by atoms with Crippen molar-refractivity contribution in [1.29, 1.82) is 0 Å². The molecule has 0 radical (unpaired) electrons. The zero-order valence-electron chi connectivity index (χ0n) is 15.5. The fourth-order valence-corrected chi connectivity index (χ4v) is 5.44. The van der Waals surface area contributed by atoms with Crippen LogP contribution >= 0.6 is 34.0 Å². The quantitative estimate of drug-likeness (QED) is 0.321. The second-order valence-corrected chi connectivity index (χ2v) is 9.23. The predicted molar refractivity (Wildman–Crippen MR) is 124 cm³/mol. The number of rotatable bonds is 5. The number of aromatic nitrogens is 3. The highest BCUT2D eigenvalue weighted by Crippen LogP contribution is 2.33. The average Bonchev–Trinajstić information content (AvgIpc) is 3.50. The van der Waals surface area contributed by atoms with E-state index >= 15 is 0 Å². The lowest BCUT2D eigenvalue weighted by Gasteiger charge is -2.03. The molecule has 142 valence electrons. The van der Waals surface area contributed by atoms with Crippen LogP contribution in [0.3, 0.4) is 0 Å². The molecule has 0 spiro atoms. The minimum Gasteiger partial charge on any atom is -0.330 e. The Morgan fingerprint density at radius 3 is 2.48 bits per heavy atom. The second kappa shape index (κ2) is 7.87. The van der Waals surface area contributed by atoms with Gasteiger partial charge in [-0.3, -0.25) is 0 Å². The summed E-state index contributed by atoms with van der Waals surface area (Å²) in [6.45, 7) is 2.12. The molecule has 0 saturated heterocycles. The Kier molecular flexibility index (Phi) is 4.93. The number of nitrogens with zero attached hydrogens (tertiary/aromatic N) is 3. The number of thiazole rings is 1. The van der Waals surface area contributed by atoms with Crippen molar-refractivity contribution in [2.45, 2.75) is 6.92 Å². The van der Waals surface area contributed by atoms with Crippen LogP contribution in [0, 0.1) is 6.92 Å². The summed E-state index contributed by atoms with van der Waals surface area (Å²) in [5.74, 6) is 0. The van der Waals surface area contributed by atoms with E-state index < -0.39 is 0 Å². The highest BCUT2D eigenvalue weighted by Gasteiger charge is 2.10. The van der Waals surface area contributed by atoms with Gasteiger partial charge < -0.3 is 5.32 Å². The van der Waals surface area contributed by atoms with Crippen molar-refractivity contribution in [2.75, 3.05) is 5.32 Å². The molecule has 29 heavy (non-hydrogen) atoms. The van der Waals surface area contributed by atoms with Gasteiger partial charge in [-0.25, -0.2) is 4.98 Å². The Hall–Kier alpha value is -2.87. The molecule has 0 fully saturated rings. The number of hydrogen-bond acceptors (Lipinski definition) is 7. The first-order valence-corrected chi connectivity index (χ1v) is 11.6. The number of benzene rings is 2. The Morgan fingerprint density at radius 1 is 0.828 bits per heavy atom. The molecule has 7 heteroatoms. The van der Waals surface area contributed by atoms with Crippen molar-refractivity contribution >= 4 is 44.8 Å². The minimum absolute atomic E-state index is 0.789. The van der Waals surface area contributed by atoms with E-state index in [2.05, 4.69) is 70.3 Å². The SMILES string of the molecule is Cc1ccccc1-c1nc(-c2ccc(Nc3nnc(-c4cccs4)s3)cc2)cs1. The minimum atomic E-state index is 0.789. The third-order valence-electron chi connectivity index (χ3n) is 4.47. The van der Waals surface area contributed by atoms with Gasteiger partial charge in [-0.05, 0) is 36.1 Å². The molecule has 0 aliphatic carbocycles. The first-order valence-electron chi connectivity index (χ1n) is 9.03. The molecule has 0 unspecified atom stereocenters. The topological polar surface area (TPSA) is 50.7 Å². The third kappa shape index (κ3) is 3.85. The fourth-order valence-electron chi connectivity index (χ4n) is 2.96. The summed E-state index contributed by atoms with van der Waals surface area (Å²) in [7, 11) is 0. The monoisotopic (exact) mass is 432 g/mol. The van der Waals surface area contributed by atoms with E-state index in [-0.39, 0.29) is 0 Å². The van der Waals surface area contributed by atoms with Crippen LogP contribution in [0.15, 0.2) is 71.4 Å². The largest absolute Gasteiger partial charge is 0.330 e. The standard InChI is InChI=1S/C22H16N4S3/c1-14-5-2-3-6-17(14)20-24-18(13-28-20)15-8-10-16(11-9-15)23-22-26-25-21(29-22)19-7-4-12-27-19/h2-13H,1H3,(H,23,26). The van der Waals surface area contributed by atoms with Crippen LogP contribution < -0.4 is 5.32 Å². The van der Waals surface area contributed by atoms with Crippen LogP contribution in [-0.2, 0) is 0 Å². The molecule has 0 saturated carbocycles. The molecule has 0 aliphatic heterocycles. The molecular weight excluding hydrogens is 416 g/mol. The molecule has 0 atom stereocenters. The number of nitrogens with one attached hydrogen (secondary N) is 1. The molecule has 4 nitrogen and oxygen atoms in total. The Balaban J connectivity index is 1.33. The normalized spacial score (nSPS) is 10.9. The van der Waals surface area contributed by atoms with Gasteiger partial charge >= 0.3 is 0 Å². The maximum absolute atomic E-state index is 4.84. The first kappa shape index (κ1) is 18.2. The van der Waals surface area contributed by atoms with E-state index in [0.717, 1.165) is 37.0 Å². The van der Waals surface area contributed by atoms with Gasteiger partial charge in [-0.1, -0.05) is 53.8 Å². The number of thiophene rings is 1. The molecule has 3 aromatic heterocycles. The van der Waals surface area contributed by atoms with Gasteiger partial charge in [0, 0.05) is 22.2 Å². The van der Waals surface area contributed by atoms with Gasteiger partial charge in [0.2, 0.25) is 5.13 Å². The van der Waals surface area contributed by atoms with E-state index in [4.69, 9.17) is 4.98 Å². The van der Waals surface area contributed by atoms with E-state index in [9.17, 15) is 0 Å². The molecule has 1 N–H and O–H groups in total. The van der Waals surface area contributed by atoms with Gasteiger partial charge in [-0.2, -0.15) is 0 Å². The van der Waals surface area contributed by atoms with Gasteiger partial charge in [0.15, 0.2) is 5.01 Å². The van der Waals surface area contributed by atoms with E-state index in [1.807, 2.05) is 23.6 Å². The zero-order chi connectivity index (χ0) is 19.6. The predicted octanol–water partition coefficient (Wildman–Crippen LogP) is 7.11. The van der Waals surface area contributed by atoms with Gasteiger partial charge in [0.05, 0.1) is 10.6 Å². The van der Waals surface area contributed by atoms with E-state index in [1.54, 1.807) is 34.0 Å². The van der Waals surface area contributed by atoms with Crippen LogP contribution in [-0.4, -0.2) is 15.2 Å². The Morgan fingerprint density at radius 2 is 1.69 bits per heavy atom. The lowest BCUT2D eigenvalue weighted by molar-refractivity contribution is 1.10. The Labute approximate surface area is 180 Å². The Bertz CT molecular complexity index is 1240. The molecule has 5 rings (SSSR count). The summed E-state index contributed by atoms with van der Waals surface area (Å²) < 4.78 is 0. The number of anilines is 2. The smallest absolute Gasteiger partial charge is 0.210 e. The van der Waals surface area contributed by atoms with Crippen LogP contribution in [0.4, 0.5) is 10.8 Å². The summed E-state index contributed by atoms with van der Waals surface area (Å²) in [6, 6.07) is 20.7. The summed E-state index contributed by atoms with van der Waals surface area (Å²) in [6.07, 6.45) is 0. The van der Waals surface area contributed by atoms with Gasteiger partial charge in [0.25, 0.3) is 0 Å². The highest BCUT2D eigenvalue weighted by atomic mass is 32.1. The molecule has 2 aromatic carbocycles. The molecule has 3 heterocycles.